The zero-order chi connectivity index (χ0) is 12.7. The van der Waals surface area contributed by atoms with Crippen LogP contribution in [0.5, 0.6) is 0 Å². The molecular weight excluding hydrogens is 240 g/mol. The average Bonchev–Trinajstić information content (AvgIpc) is 2.32. The molecule has 3 nitrogen and oxygen atoms in total. The first-order chi connectivity index (χ1) is 8.17. The number of halogens is 1. The Balaban J connectivity index is 2.59. The summed E-state index contributed by atoms with van der Waals surface area (Å²) in [4.78, 5) is 11.9. The summed E-state index contributed by atoms with van der Waals surface area (Å²) in [5, 5.41) is 0.660. The highest BCUT2D eigenvalue weighted by Gasteiger charge is 2.18. The Hall–Kier alpha value is -0.900. The number of benzene rings is 1. The molecule has 0 heterocycles. The van der Waals surface area contributed by atoms with Crippen molar-refractivity contribution in [3.05, 3.63) is 34.9 Å². The third kappa shape index (κ3) is 4.86. The lowest BCUT2D eigenvalue weighted by Gasteiger charge is -2.15. The summed E-state index contributed by atoms with van der Waals surface area (Å²) in [6.07, 6.45) is -0.470. The molecule has 0 aromatic heterocycles. The van der Waals surface area contributed by atoms with Gasteiger partial charge in [0.05, 0.1) is 0 Å². The van der Waals surface area contributed by atoms with Crippen molar-refractivity contribution in [1.82, 2.24) is 0 Å². The summed E-state index contributed by atoms with van der Waals surface area (Å²) in [5.74, 6) is -0.0731. The Morgan fingerprint density at radius 1 is 1.18 bits per heavy atom. The maximum absolute atomic E-state index is 11.9. The minimum absolute atomic E-state index is 0.0731. The number of ether oxygens (including phenoxy) is 2. The number of rotatable bonds is 7. The molecule has 0 saturated heterocycles. The van der Waals surface area contributed by atoms with Gasteiger partial charge in [-0.05, 0) is 31.5 Å². The number of carbonyl (C=O) groups excluding carboxylic acids is 1. The molecule has 0 saturated carbocycles. The first-order valence-electron chi connectivity index (χ1n) is 5.67. The SMILES string of the molecule is CCOC(OCC)C(=O)Cc1ccc(Cl)cc1. The fraction of sp³-hybridized carbons (Fsp3) is 0.462. The van der Waals surface area contributed by atoms with E-state index in [1.165, 1.54) is 0 Å². The van der Waals surface area contributed by atoms with Gasteiger partial charge in [0.1, 0.15) is 0 Å². The molecule has 0 bridgehead atoms. The summed E-state index contributed by atoms with van der Waals surface area (Å²) in [6, 6.07) is 7.19. The van der Waals surface area contributed by atoms with Gasteiger partial charge >= 0.3 is 0 Å². The van der Waals surface area contributed by atoms with Crippen molar-refractivity contribution >= 4 is 17.4 Å². The van der Waals surface area contributed by atoms with Gasteiger partial charge in [-0.2, -0.15) is 0 Å². The lowest BCUT2D eigenvalue weighted by atomic mass is 10.1. The highest BCUT2D eigenvalue weighted by molar-refractivity contribution is 6.30. The summed E-state index contributed by atoms with van der Waals surface area (Å²) in [5.41, 5.74) is 0.906. The number of Topliss-reactive ketones (excluding diaryl/α,β-unsaturated/α-hetero) is 1. The molecule has 4 heteroatoms. The van der Waals surface area contributed by atoms with E-state index >= 15 is 0 Å². The van der Waals surface area contributed by atoms with Crippen molar-refractivity contribution in [3.8, 4) is 0 Å². The summed E-state index contributed by atoms with van der Waals surface area (Å²) < 4.78 is 10.5. The van der Waals surface area contributed by atoms with E-state index in [0.29, 0.717) is 24.7 Å². The van der Waals surface area contributed by atoms with E-state index in [1.807, 2.05) is 26.0 Å². The fourth-order valence-corrected chi connectivity index (χ4v) is 1.55. The monoisotopic (exact) mass is 256 g/mol. The van der Waals surface area contributed by atoms with Gasteiger partial charge in [0.2, 0.25) is 6.29 Å². The maximum Gasteiger partial charge on any atom is 0.218 e. The molecule has 0 unspecified atom stereocenters. The lowest BCUT2D eigenvalue weighted by molar-refractivity contribution is -0.167. The Kier molecular flexibility index (Phi) is 6.19. The van der Waals surface area contributed by atoms with Crippen LogP contribution in [0.4, 0.5) is 0 Å². The van der Waals surface area contributed by atoms with Gasteiger partial charge in [0.15, 0.2) is 5.78 Å². The summed E-state index contributed by atoms with van der Waals surface area (Å²) in [7, 11) is 0. The molecule has 0 radical (unpaired) electrons. The topological polar surface area (TPSA) is 35.5 Å². The molecular formula is C13H17ClO3. The molecule has 0 aliphatic rings. The Morgan fingerprint density at radius 3 is 2.18 bits per heavy atom. The first-order valence-corrected chi connectivity index (χ1v) is 6.05. The zero-order valence-corrected chi connectivity index (χ0v) is 10.9. The third-order valence-corrected chi connectivity index (χ3v) is 2.44. The molecule has 0 spiro atoms. The maximum atomic E-state index is 11.9. The van der Waals surface area contributed by atoms with Crippen LogP contribution < -0.4 is 0 Å². The molecule has 0 N–H and O–H groups in total. The van der Waals surface area contributed by atoms with Gasteiger partial charge in [0.25, 0.3) is 0 Å². The molecule has 0 aliphatic heterocycles. The second kappa shape index (κ2) is 7.43. The lowest BCUT2D eigenvalue weighted by Crippen LogP contribution is -2.29. The molecule has 1 aromatic rings. The molecule has 0 fully saturated rings. The van der Waals surface area contributed by atoms with Crippen molar-refractivity contribution in [1.29, 1.82) is 0 Å². The molecule has 1 rings (SSSR count). The number of hydrogen-bond acceptors (Lipinski definition) is 3. The molecule has 94 valence electrons. The Bertz CT molecular complexity index is 342. The van der Waals surface area contributed by atoms with E-state index in [0.717, 1.165) is 5.56 Å². The summed E-state index contributed by atoms with van der Waals surface area (Å²) >= 11 is 5.78. The Labute approximate surface area is 107 Å². The zero-order valence-electron chi connectivity index (χ0n) is 10.1. The quantitative estimate of drug-likeness (QED) is 0.704. The van der Waals surface area contributed by atoms with Crippen LogP contribution in [0.15, 0.2) is 24.3 Å². The van der Waals surface area contributed by atoms with Gasteiger partial charge in [0, 0.05) is 24.7 Å². The van der Waals surface area contributed by atoms with Crippen LogP contribution in [-0.4, -0.2) is 25.3 Å². The second-order valence-electron chi connectivity index (χ2n) is 3.51. The molecule has 0 atom stereocenters. The molecule has 0 aliphatic carbocycles. The smallest absolute Gasteiger partial charge is 0.218 e. The highest BCUT2D eigenvalue weighted by atomic mass is 35.5. The van der Waals surface area contributed by atoms with Gasteiger partial charge in [-0.3, -0.25) is 4.79 Å². The van der Waals surface area contributed by atoms with Crippen LogP contribution >= 0.6 is 11.6 Å². The minimum atomic E-state index is -0.763. The van der Waals surface area contributed by atoms with E-state index in [1.54, 1.807) is 12.1 Å². The van der Waals surface area contributed by atoms with Crippen molar-refractivity contribution in [3.63, 3.8) is 0 Å². The minimum Gasteiger partial charge on any atom is -0.346 e. The van der Waals surface area contributed by atoms with E-state index in [2.05, 4.69) is 0 Å². The van der Waals surface area contributed by atoms with Crippen molar-refractivity contribution < 1.29 is 14.3 Å². The number of hydrogen-bond donors (Lipinski definition) is 0. The number of ketones is 1. The average molecular weight is 257 g/mol. The normalized spacial score (nSPS) is 10.8. The third-order valence-electron chi connectivity index (χ3n) is 2.19. The van der Waals surface area contributed by atoms with Crippen LogP contribution in [0.3, 0.4) is 0 Å². The molecule has 1 aromatic carbocycles. The van der Waals surface area contributed by atoms with Crippen LogP contribution in [0, 0.1) is 0 Å². The van der Waals surface area contributed by atoms with Crippen molar-refractivity contribution in [2.45, 2.75) is 26.6 Å². The van der Waals surface area contributed by atoms with Gasteiger partial charge in [-0.15, -0.1) is 0 Å². The predicted octanol–water partition coefficient (Wildman–Crippen LogP) is 2.85. The summed E-state index contributed by atoms with van der Waals surface area (Å²) in [6.45, 7) is 4.58. The van der Waals surface area contributed by atoms with Crippen LogP contribution in [0.25, 0.3) is 0 Å². The van der Waals surface area contributed by atoms with Crippen LogP contribution in [-0.2, 0) is 20.7 Å². The first kappa shape index (κ1) is 14.2. The van der Waals surface area contributed by atoms with Gasteiger partial charge in [-0.25, -0.2) is 0 Å². The van der Waals surface area contributed by atoms with Crippen molar-refractivity contribution in [2.24, 2.45) is 0 Å². The van der Waals surface area contributed by atoms with Gasteiger partial charge < -0.3 is 9.47 Å². The van der Waals surface area contributed by atoms with E-state index in [4.69, 9.17) is 21.1 Å². The number of carbonyl (C=O) groups is 1. The fourth-order valence-electron chi connectivity index (χ4n) is 1.42. The standard InChI is InChI=1S/C13H17ClO3/c1-3-16-13(17-4-2)12(15)9-10-5-7-11(14)8-6-10/h5-8,13H,3-4,9H2,1-2H3. The van der Waals surface area contributed by atoms with E-state index in [-0.39, 0.29) is 5.78 Å². The van der Waals surface area contributed by atoms with Crippen LogP contribution in [0.2, 0.25) is 5.02 Å². The molecule has 0 amide bonds. The largest absolute Gasteiger partial charge is 0.346 e. The van der Waals surface area contributed by atoms with Gasteiger partial charge in [-0.1, -0.05) is 23.7 Å². The Morgan fingerprint density at radius 2 is 1.71 bits per heavy atom. The van der Waals surface area contributed by atoms with Crippen molar-refractivity contribution in [2.75, 3.05) is 13.2 Å². The predicted molar refractivity (Wildman–Crippen MR) is 67.2 cm³/mol. The van der Waals surface area contributed by atoms with E-state index in [9.17, 15) is 4.79 Å². The van der Waals surface area contributed by atoms with E-state index < -0.39 is 6.29 Å². The molecule has 17 heavy (non-hydrogen) atoms. The highest BCUT2D eigenvalue weighted by Crippen LogP contribution is 2.11. The van der Waals surface area contributed by atoms with Crippen LogP contribution in [0.1, 0.15) is 19.4 Å². The second-order valence-corrected chi connectivity index (χ2v) is 3.95.